The molecule has 1 aliphatic rings. The lowest BCUT2D eigenvalue weighted by molar-refractivity contribution is 0.0636. The largest absolute Gasteiger partial charge is 0.466 e. The van der Waals surface area contributed by atoms with Crippen molar-refractivity contribution < 1.29 is 9.21 Å². The third-order valence-electron chi connectivity index (χ3n) is 3.47. The lowest BCUT2D eigenvalue weighted by Crippen LogP contribution is -2.48. The molecular formula is C14H22N2O2. The summed E-state index contributed by atoms with van der Waals surface area (Å²) >= 11 is 0. The van der Waals surface area contributed by atoms with Crippen LogP contribution < -0.4 is 0 Å². The Morgan fingerprint density at radius 1 is 1.28 bits per heavy atom. The molecule has 2 rings (SSSR count). The number of aryl methyl sites for hydroxylation is 2. The smallest absolute Gasteiger partial charge is 0.257 e. The molecule has 1 aromatic heterocycles. The molecule has 4 heteroatoms. The summed E-state index contributed by atoms with van der Waals surface area (Å²) in [7, 11) is 0. The Labute approximate surface area is 109 Å². The van der Waals surface area contributed by atoms with Gasteiger partial charge in [-0.2, -0.15) is 0 Å². The van der Waals surface area contributed by atoms with E-state index in [4.69, 9.17) is 4.42 Å². The summed E-state index contributed by atoms with van der Waals surface area (Å²) in [5, 5.41) is 0. The molecule has 0 aliphatic carbocycles. The minimum Gasteiger partial charge on any atom is -0.466 e. The third-order valence-corrected chi connectivity index (χ3v) is 3.47. The highest BCUT2D eigenvalue weighted by Crippen LogP contribution is 2.17. The minimum absolute atomic E-state index is 0.112. The number of hydrogen-bond acceptors (Lipinski definition) is 3. The average molecular weight is 250 g/mol. The topological polar surface area (TPSA) is 36.7 Å². The highest BCUT2D eigenvalue weighted by molar-refractivity contribution is 5.95. The lowest BCUT2D eigenvalue weighted by atomic mass is 10.2. The van der Waals surface area contributed by atoms with E-state index in [9.17, 15) is 4.79 Å². The molecule has 1 amide bonds. The van der Waals surface area contributed by atoms with Gasteiger partial charge in [0.15, 0.2) is 0 Å². The van der Waals surface area contributed by atoms with E-state index in [1.54, 1.807) is 0 Å². The van der Waals surface area contributed by atoms with Crippen LogP contribution in [0.4, 0.5) is 0 Å². The molecule has 0 saturated carbocycles. The van der Waals surface area contributed by atoms with Gasteiger partial charge in [0.25, 0.3) is 5.91 Å². The van der Waals surface area contributed by atoms with Crippen LogP contribution in [0.3, 0.4) is 0 Å². The maximum absolute atomic E-state index is 12.3. The van der Waals surface area contributed by atoms with E-state index in [0.29, 0.717) is 0 Å². The number of carbonyl (C=O) groups excluding carboxylic acids is 1. The van der Waals surface area contributed by atoms with Gasteiger partial charge < -0.3 is 9.32 Å². The molecule has 100 valence electrons. The van der Waals surface area contributed by atoms with E-state index in [1.165, 1.54) is 6.42 Å². The average Bonchev–Trinajstić information content (AvgIpc) is 2.69. The highest BCUT2D eigenvalue weighted by atomic mass is 16.3. The first-order valence-electron chi connectivity index (χ1n) is 6.70. The van der Waals surface area contributed by atoms with Gasteiger partial charge >= 0.3 is 0 Å². The third kappa shape index (κ3) is 2.75. The first-order chi connectivity index (χ1) is 8.61. The molecule has 0 spiro atoms. The van der Waals surface area contributed by atoms with Crippen molar-refractivity contribution >= 4 is 5.91 Å². The van der Waals surface area contributed by atoms with Crippen molar-refractivity contribution in [1.82, 2.24) is 9.80 Å². The zero-order valence-corrected chi connectivity index (χ0v) is 11.5. The summed E-state index contributed by atoms with van der Waals surface area (Å²) in [6, 6.07) is 1.84. The maximum Gasteiger partial charge on any atom is 0.257 e. The van der Waals surface area contributed by atoms with E-state index in [0.717, 1.165) is 49.8 Å². The molecule has 0 N–H and O–H groups in total. The Morgan fingerprint density at radius 3 is 2.44 bits per heavy atom. The van der Waals surface area contributed by atoms with Gasteiger partial charge in [0.2, 0.25) is 0 Å². The Hall–Kier alpha value is -1.29. The molecule has 1 fully saturated rings. The summed E-state index contributed by atoms with van der Waals surface area (Å²) in [6.45, 7) is 10.7. The summed E-state index contributed by atoms with van der Waals surface area (Å²) in [6.07, 6.45) is 1.17. The molecular weight excluding hydrogens is 228 g/mol. The van der Waals surface area contributed by atoms with Gasteiger partial charge in [0.05, 0.1) is 5.56 Å². The molecule has 0 aromatic carbocycles. The Kier molecular flexibility index (Phi) is 4.07. The van der Waals surface area contributed by atoms with Crippen molar-refractivity contribution in [3.63, 3.8) is 0 Å². The zero-order chi connectivity index (χ0) is 13.1. The minimum atomic E-state index is 0.112. The van der Waals surface area contributed by atoms with Crippen LogP contribution in [0.1, 0.15) is 35.2 Å². The van der Waals surface area contributed by atoms with Crippen LogP contribution >= 0.6 is 0 Å². The highest BCUT2D eigenvalue weighted by Gasteiger charge is 2.24. The fraction of sp³-hybridized carbons (Fsp3) is 0.643. The second kappa shape index (κ2) is 5.57. The lowest BCUT2D eigenvalue weighted by Gasteiger charge is -2.34. The quantitative estimate of drug-likeness (QED) is 0.824. The molecule has 0 radical (unpaired) electrons. The summed E-state index contributed by atoms with van der Waals surface area (Å²) in [5.41, 5.74) is 0.719. The normalized spacial score (nSPS) is 17.2. The van der Waals surface area contributed by atoms with Gasteiger partial charge in [-0.25, -0.2) is 0 Å². The number of amides is 1. The second-order valence-electron chi connectivity index (χ2n) is 4.96. The first-order valence-corrected chi connectivity index (χ1v) is 6.70. The number of carbonyl (C=O) groups is 1. The van der Waals surface area contributed by atoms with E-state index in [1.807, 2.05) is 24.8 Å². The number of piperazine rings is 1. The van der Waals surface area contributed by atoms with Crippen LogP contribution in [0.15, 0.2) is 10.5 Å². The van der Waals surface area contributed by atoms with E-state index < -0.39 is 0 Å². The molecule has 18 heavy (non-hydrogen) atoms. The maximum atomic E-state index is 12.3. The summed E-state index contributed by atoms with van der Waals surface area (Å²) in [5.74, 6) is 1.65. The van der Waals surface area contributed by atoms with Gasteiger partial charge in [-0.05, 0) is 32.9 Å². The second-order valence-corrected chi connectivity index (χ2v) is 4.96. The Bertz CT molecular complexity index is 417. The SMILES string of the molecule is CCCN1CCN(C(=O)c2cc(C)oc2C)CC1. The van der Waals surface area contributed by atoms with Gasteiger partial charge in [0.1, 0.15) is 11.5 Å². The van der Waals surface area contributed by atoms with Gasteiger partial charge in [-0.1, -0.05) is 6.92 Å². The van der Waals surface area contributed by atoms with Gasteiger partial charge in [-0.3, -0.25) is 9.69 Å². The number of rotatable bonds is 3. The van der Waals surface area contributed by atoms with Crippen LogP contribution in [-0.2, 0) is 0 Å². The van der Waals surface area contributed by atoms with Crippen LogP contribution in [-0.4, -0.2) is 48.4 Å². The molecule has 0 unspecified atom stereocenters. The monoisotopic (exact) mass is 250 g/mol. The van der Waals surface area contributed by atoms with Crippen molar-refractivity contribution in [2.45, 2.75) is 27.2 Å². The first kappa shape index (κ1) is 13.1. The zero-order valence-electron chi connectivity index (χ0n) is 11.5. The number of furan rings is 1. The molecule has 4 nitrogen and oxygen atoms in total. The standard InChI is InChI=1S/C14H22N2O2/c1-4-5-15-6-8-16(9-7-15)14(17)13-10-11(2)18-12(13)3/h10H,4-9H2,1-3H3. The molecule has 1 aromatic rings. The van der Waals surface area contributed by atoms with Gasteiger partial charge in [0, 0.05) is 26.2 Å². The molecule has 2 heterocycles. The van der Waals surface area contributed by atoms with Crippen molar-refractivity contribution in [2.24, 2.45) is 0 Å². The van der Waals surface area contributed by atoms with Crippen molar-refractivity contribution in [2.75, 3.05) is 32.7 Å². The van der Waals surface area contributed by atoms with Crippen LogP contribution in [0, 0.1) is 13.8 Å². The number of nitrogens with zero attached hydrogens (tertiary/aromatic N) is 2. The summed E-state index contributed by atoms with van der Waals surface area (Å²) in [4.78, 5) is 16.7. The van der Waals surface area contributed by atoms with Gasteiger partial charge in [-0.15, -0.1) is 0 Å². The van der Waals surface area contributed by atoms with Crippen LogP contribution in [0.5, 0.6) is 0 Å². The number of hydrogen-bond donors (Lipinski definition) is 0. The van der Waals surface area contributed by atoms with Crippen LogP contribution in [0.25, 0.3) is 0 Å². The van der Waals surface area contributed by atoms with E-state index in [2.05, 4.69) is 11.8 Å². The Morgan fingerprint density at radius 2 is 1.94 bits per heavy atom. The van der Waals surface area contributed by atoms with E-state index in [-0.39, 0.29) is 5.91 Å². The van der Waals surface area contributed by atoms with Crippen molar-refractivity contribution in [3.8, 4) is 0 Å². The van der Waals surface area contributed by atoms with Crippen molar-refractivity contribution in [3.05, 3.63) is 23.2 Å². The predicted octanol–water partition coefficient (Wildman–Crippen LogP) is 2.06. The van der Waals surface area contributed by atoms with Crippen LogP contribution in [0.2, 0.25) is 0 Å². The predicted molar refractivity (Wildman–Crippen MR) is 70.8 cm³/mol. The summed E-state index contributed by atoms with van der Waals surface area (Å²) < 4.78 is 5.43. The Balaban J connectivity index is 1.97. The molecule has 1 aliphatic heterocycles. The fourth-order valence-corrected chi connectivity index (χ4v) is 2.50. The fourth-order valence-electron chi connectivity index (χ4n) is 2.50. The van der Waals surface area contributed by atoms with Crippen molar-refractivity contribution in [1.29, 1.82) is 0 Å². The molecule has 1 saturated heterocycles. The molecule has 0 bridgehead atoms. The molecule has 0 atom stereocenters. The van der Waals surface area contributed by atoms with E-state index >= 15 is 0 Å².